The first-order valence-electron chi connectivity index (χ1n) is 8.38. The van der Waals surface area contributed by atoms with Gasteiger partial charge in [0.1, 0.15) is 18.3 Å². The molecular formula is C19H26O6. The maximum Gasteiger partial charge on any atom is 0.205 e. The molecule has 0 radical (unpaired) electrons. The third kappa shape index (κ3) is 4.39. The third-order valence-electron chi connectivity index (χ3n) is 4.45. The molecule has 1 aromatic rings. The van der Waals surface area contributed by atoms with Crippen LogP contribution in [0.2, 0.25) is 0 Å². The van der Waals surface area contributed by atoms with Crippen molar-refractivity contribution in [2.75, 3.05) is 6.61 Å². The van der Waals surface area contributed by atoms with Crippen LogP contribution in [-0.4, -0.2) is 63.3 Å². The van der Waals surface area contributed by atoms with Crippen molar-refractivity contribution >= 4 is 0 Å². The van der Waals surface area contributed by atoms with E-state index in [1.807, 2.05) is 26.8 Å². The fourth-order valence-electron chi connectivity index (χ4n) is 2.41. The molecule has 1 unspecified atom stereocenters. The highest BCUT2D eigenvalue weighted by molar-refractivity contribution is 5.37. The molecule has 4 N–H and O–H groups in total. The van der Waals surface area contributed by atoms with Gasteiger partial charge in [0.2, 0.25) is 11.9 Å². The van der Waals surface area contributed by atoms with Crippen molar-refractivity contribution in [2.24, 2.45) is 5.92 Å². The maximum atomic E-state index is 11.0. The zero-order valence-electron chi connectivity index (χ0n) is 14.7. The number of hydrogen-bond acceptors (Lipinski definition) is 6. The van der Waals surface area contributed by atoms with Gasteiger partial charge in [-0.2, -0.15) is 0 Å². The van der Waals surface area contributed by atoms with Crippen LogP contribution in [0.1, 0.15) is 26.3 Å². The van der Waals surface area contributed by atoms with Crippen molar-refractivity contribution in [1.82, 2.24) is 0 Å². The molecule has 1 aliphatic heterocycles. The molecule has 1 aromatic carbocycles. The van der Waals surface area contributed by atoms with E-state index in [0.29, 0.717) is 5.56 Å². The number of aliphatic hydroxyl groups excluding tert-OH is 3. The molecule has 0 aliphatic carbocycles. The number of aliphatic hydroxyl groups is 4. The summed E-state index contributed by atoms with van der Waals surface area (Å²) >= 11 is 0. The summed E-state index contributed by atoms with van der Waals surface area (Å²) in [6.07, 6.45) is -5.82. The van der Waals surface area contributed by atoms with Gasteiger partial charge in [-0.25, -0.2) is 0 Å². The van der Waals surface area contributed by atoms with Gasteiger partial charge in [0.05, 0.1) is 12.7 Å². The molecule has 1 fully saturated rings. The highest BCUT2D eigenvalue weighted by atomic mass is 16.7. The van der Waals surface area contributed by atoms with Crippen LogP contribution in [0.15, 0.2) is 30.3 Å². The average molecular weight is 350 g/mol. The van der Waals surface area contributed by atoms with Gasteiger partial charge in [-0.05, 0) is 25.0 Å². The Morgan fingerprint density at radius 2 is 1.84 bits per heavy atom. The molecule has 0 aromatic heterocycles. The standard InChI is InChI=1S/C19H26O6/c1-12(2)13(3)24-18-19(23,10-9-14-7-5-4-6-8-14)17(22)16(21)15(11-20)25-18/h4-8,12-13,15-18,20-23H,11H2,1-3H3/t13?,15-,16-,17+,18+,19+/m1/s1. The number of benzene rings is 1. The molecule has 6 nitrogen and oxygen atoms in total. The Balaban J connectivity index is 2.35. The van der Waals surface area contributed by atoms with Gasteiger partial charge in [0.25, 0.3) is 0 Å². The lowest BCUT2D eigenvalue weighted by molar-refractivity contribution is -0.334. The first kappa shape index (κ1) is 19.9. The zero-order valence-corrected chi connectivity index (χ0v) is 14.7. The van der Waals surface area contributed by atoms with Crippen molar-refractivity contribution < 1.29 is 29.9 Å². The van der Waals surface area contributed by atoms with E-state index in [-0.39, 0.29) is 12.0 Å². The van der Waals surface area contributed by atoms with Crippen molar-refractivity contribution in [3.05, 3.63) is 35.9 Å². The zero-order chi connectivity index (χ0) is 18.6. The van der Waals surface area contributed by atoms with Gasteiger partial charge < -0.3 is 29.9 Å². The van der Waals surface area contributed by atoms with Crippen LogP contribution in [0.3, 0.4) is 0 Å². The van der Waals surface area contributed by atoms with Crippen LogP contribution >= 0.6 is 0 Å². The Bertz CT molecular complexity index is 605. The second kappa shape index (κ2) is 8.28. The van der Waals surface area contributed by atoms with Gasteiger partial charge in [-0.3, -0.25) is 0 Å². The van der Waals surface area contributed by atoms with Crippen LogP contribution in [-0.2, 0) is 9.47 Å². The van der Waals surface area contributed by atoms with Crippen LogP contribution < -0.4 is 0 Å². The Morgan fingerprint density at radius 1 is 1.20 bits per heavy atom. The normalized spacial score (nSPS) is 33.6. The Kier molecular flexibility index (Phi) is 6.58. The largest absolute Gasteiger partial charge is 0.394 e. The van der Waals surface area contributed by atoms with Crippen LogP contribution in [0.25, 0.3) is 0 Å². The highest BCUT2D eigenvalue weighted by Gasteiger charge is 2.55. The minimum atomic E-state index is -2.13. The fourth-order valence-corrected chi connectivity index (χ4v) is 2.41. The van der Waals surface area contributed by atoms with E-state index in [1.54, 1.807) is 24.3 Å². The number of ether oxygens (including phenoxy) is 2. The monoisotopic (exact) mass is 350 g/mol. The topological polar surface area (TPSA) is 99.4 Å². The van der Waals surface area contributed by atoms with Gasteiger partial charge in [0, 0.05) is 5.56 Å². The molecule has 1 saturated heterocycles. The summed E-state index contributed by atoms with van der Waals surface area (Å²) in [6, 6.07) is 8.95. The Labute approximate surface area is 148 Å². The first-order chi connectivity index (χ1) is 11.8. The predicted molar refractivity (Wildman–Crippen MR) is 91.4 cm³/mol. The number of hydrogen-bond donors (Lipinski definition) is 4. The lowest BCUT2D eigenvalue weighted by atomic mass is 9.86. The van der Waals surface area contributed by atoms with E-state index < -0.39 is 36.8 Å². The van der Waals surface area contributed by atoms with Gasteiger partial charge in [-0.15, -0.1) is 0 Å². The smallest absolute Gasteiger partial charge is 0.205 e. The summed E-state index contributed by atoms with van der Waals surface area (Å²) in [6.45, 7) is 5.18. The summed E-state index contributed by atoms with van der Waals surface area (Å²) < 4.78 is 11.3. The number of rotatable bonds is 4. The quantitative estimate of drug-likeness (QED) is 0.582. The second-order valence-corrected chi connectivity index (χ2v) is 6.65. The Morgan fingerprint density at radius 3 is 2.40 bits per heavy atom. The summed E-state index contributed by atoms with van der Waals surface area (Å²) in [4.78, 5) is 0. The summed E-state index contributed by atoms with van der Waals surface area (Å²) in [5.41, 5.74) is -1.50. The Hall–Kier alpha value is -1.46. The molecule has 2 rings (SSSR count). The van der Waals surface area contributed by atoms with E-state index >= 15 is 0 Å². The molecule has 0 saturated carbocycles. The molecule has 0 amide bonds. The first-order valence-corrected chi connectivity index (χ1v) is 8.38. The summed E-state index contributed by atoms with van der Waals surface area (Å²) in [5.74, 6) is 5.51. The van der Waals surface area contributed by atoms with Crippen molar-refractivity contribution in [3.8, 4) is 11.8 Å². The van der Waals surface area contributed by atoms with Crippen LogP contribution in [0.5, 0.6) is 0 Å². The molecule has 1 aliphatic rings. The molecule has 6 atom stereocenters. The third-order valence-corrected chi connectivity index (χ3v) is 4.45. The molecule has 0 bridgehead atoms. The maximum absolute atomic E-state index is 11.0. The molecular weight excluding hydrogens is 324 g/mol. The molecule has 138 valence electrons. The lowest BCUT2D eigenvalue weighted by Gasteiger charge is -2.46. The van der Waals surface area contributed by atoms with Crippen molar-refractivity contribution in [1.29, 1.82) is 0 Å². The van der Waals surface area contributed by atoms with E-state index in [0.717, 1.165) is 0 Å². The van der Waals surface area contributed by atoms with Crippen molar-refractivity contribution in [2.45, 2.75) is 57.1 Å². The van der Waals surface area contributed by atoms with Crippen LogP contribution in [0.4, 0.5) is 0 Å². The molecule has 6 heteroatoms. The second-order valence-electron chi connectivity index (χ2n) is 6.65. The van der Waals surface area contributed by atoms with Crippen molar-refractivity contribution in [3.63, 3.8) is 0 Å². The molecule has 25 heavy (non-hydrogen) atoms. The fraction of sp³-hybridized carbons (Fsp3) is 0.579. The van der Waals surface area contributed by atoms with Gasteiger partial charge in [-0.1, -0.05) is 43.9 Å². The van der Waals surface area contributed by atoms with E-state index in [2.05, 4.69) is 11.8 Å². The minimum Gasteiger partial charge on any atom is -0.394 e. The van der Waals surface area contributed by atoms with E-state index in [1.165, 1.54) is 0 Å². The molecule has 0 spiro atoms. The van der Waals surface area contributed by atoms with Gasteiger partial charge in [0.15, 0.2) is 0 Å². The summed E-state index contributed by atoms with van der Waals surface area (Å²) in [5, 5.41) is 40.8. The van der Waals surface area contributed by atoms with E-state index in [4.69, 9.17) is 9.47 Å². The van der Waals surface area contributed by atoms with E-state index in [9.17, 15) is 20.4 Å². The minimum absolute atomic E-state index is 0.131. The summed E-state index contributed by atoms with van der Waals surface area (Å²) in [7, 11) is 0. The van der Waals surface area contributed by atoms with Crippen LogP contribution in [0, 0.1) is 17.8 Å². The predicted octanol–water partition coefficient (Wildman–Crippen LogP) is 0.269. The SMILES string of the molecule is CC(C)C(C)O[C@H]1O[C@H](CO)[C@@H](O)[C@H](O)[C@@]1(O)C#Cc1ccccc1. The van der Waals surface area contributed by atoms with Gasteiger partial charge >= 0.3 is 0 Å². The highest BCUT2D eigenvalue weighted by Crippen LogP contribution is 2.32. The average Bonchev–Trinajstić information content (AvgIpc) is 2.61. The lowest BCUT2D eigenvalue weighted by Crippen LogP contribution is -2.67. The molecule has 1 heterocycles.